The molecule has 1 aromatic heterocycles. The highest BCUT2D eigenvalue weighted by Gasteiger charge is 2.19. The Bertz CT molecular complexity index is 511. The maximum atomic E-state index is 9.82. The van der Waals surface area contributed by atoms with Gasteiger partial charge in [-0.15, -0.1) is 0 Å². The van der Waals surface area contributed by atoms with Crippen LogP contribution in [0.2, 0.25) is 10.0 Å². The van der Waals surface area contributed by atoms with E-state index in [-0.39, 0.29) is 22.5 Å². The van der Waals surface area contributed by atoms with Gasteiger partial charge in [0.2, 0.25) is 5.88 Å². The zero-order chi connectivity index (χ0) is 12.4. The molecule has 1 atom stereocenters. The molecule has 1 unspecified atom stereocenters. The summed E-state index contributed by atoms with van der Waals surface area (Å²) in [5.74, 6) is -0.139. The minimum Gasteiger partial charge on any atom is -0.493 e. The van der Waals surface area contributed by atoms with Gasteiger partial charge in [-0.2, -0.15) is 0 Å². The highest BCUT2D eigenvalue weighted by molar-refractivity contribution is 6.42. The van der Waals surface area contributed by atoms with Crippen LogP contribution in [0.25, 0.3) is 0 Å². The fraction of sp³-hybridized carbons (Fsp3) is 0.167. The quantitative estimate of drug-likeness (QED) is 0.901. The van der Waals surface area contributed by atoms with Gasteiger partial charge >= 0.3 is 0 Å². The number of aromatic nitrogens is 1. The Morgan fingerprint density at radius 3 is 2.29 bits per heavy atom. The number of hydrogen-bond acceptors (Lipinski definition) is 2. The average molecular weight is 272 g/mol. The second-order valence-corrected chi connectivity index (χ2v) is 4.42. The van der Waals surface area contributed by atoms with E-state index < -0.39 is 6.04 Å². The molecule has 0 saturated heterocycles. The highest BCUT2D eigenvalue weighted by atomic mass is 35.5. The molecular formula is C12H11Cl2NO2. The Morgan fingerprint density at radius 2 is 1.82 bits per heavy atom. The molecule has 90 valence electrons. The fourth-order valence-corrected chi connectivity index (χ4v) is 2.06. The van der Waals surface area contributed by atoms with Crippen molar-refractivity contribution in [1.82, 2.24) is 4.57 Å². The zero-order valence-electron chi connectivity index (χ0n) is 8.85. The molecule has 0 aliphatic carbocycles. The van der Waals surface area contributed by atoms with Gasteiger partial charge in [-0.1, -0.05) is 53.5 Å². The lowest BCUT2D eigenvalue weighted by Gasteiger charge is -2.17. The summed E-state index contributed by atoms with van der Waals surface area (Å²) in [7, 11) is 0. The van der Waals surface area contributed by atoms with E-state index in [4.69, 9.17) is 23.2 Å². The van der Waals surface area contributed by atoms with Gasteiger partial charge in [0.15, 0.2) is 0 Å². The van der Waals surface area contributed by atoms with Crippen LogP contribution in [-0.2, 0) is 0 Å². The Morgan fingerprint density at radius 1 is 1.18 bits per heavy atom. The molecule has 1 aromatic carbocycles. The number of aromatic hydroxyl groups is 1. The first kappa shape index (κ1) is 12.3. The molecule has 0 fully saturated rings. The molecular weight excluding hydrogens is 261 g/mol. The summed E-state index contributed by atoms with van der Waals surface area (Å²) in [5.41, 5.74) is 0.869. The number of hydrogen-bond donors (Lipinski definition) is 2. The molecule has 2 N–H and O–H groups in total. The second-order valence-electron chi connectivity index (χ2n) is 3.63. The van der Waals surface area contributed by atoms with Crippen molar-refractivity contribution in [2.75, 3.05) is 6.61 Å². The molecule has 0 radical (unpaired) electrons. The predicted octanol–water partition coefficient (Wildman–Crippen LogP) is 3.08. The van der Waals surface area contributed by atoms with Crippen molar-refractivity contribution in [3.63, 3.8) is 0 Å². The maximum absolute atomic E-state index is 9.82. The predicted molar refractivity (Wildman–Crippen MR) is 67.8 cm³/mol. The van der Waals surface area contributed by atoms with Crippen molar-refractivity contribution in [3.05, 3.63) is 52.1 Å². The Labute approximate surface area is 109 Å². The molecule has 0 saturated carbocycles. The smallest absolute Gasteiger partial charge is 0.212 e. The Kier molecular flexibility index (Phi) is 3.62. The summed E-state index contributed by atoms with van der Waals surface area (Å²) in [6, 6.07) is 8.93. The third kappa shape index (κ3) is 2.27. The Balaban J connectivity index is 2.46. The minimum atomic E-state index is -0.402. The van der Waals surface area contributed by atoms with Crippen molar-refractivity contribution < 1.29 is 10.2 Å². The number of aliphatic hydroxyl groups is 1. The van der Waals surface area contributed by atoms with E-state index in [2.05, 4.69) is 0 Å². The van der Waals surface area contributed by atoms with E-state index in [9.17, 15) is 10.2 Å². The summed E-state index contributed by atoms with van der Waals surface area (Å²) in [6.07, 6.45) is 1.51. The lowest BCUT2D eigenvalue weighted by molar-refractivity contribution is 0.240. The SMILES string of the molecule is OCC(c1ccccc1)n1cc(Cl)c(Cl)c1O. The summed E-state index contributed by atoms with van der Waals surface area (Å²) in [5, 5.41) is 19.6. The van der Waals surface area contributed by atoms with Crippen molar-refractivity contribution in [1.29, 1.82) is 0 Å². The van der Waals surface area contributed by atoms with Crippen molar-refractivity contribution >= 4 is 23.2 Å². The topological polar surface area (TPSA) is 45.4 Å². The summed E-state index contributed by atoms with van der Waals surface area (Å²) in [6.45, 7) is -0.154. The van der Waals surface area contributed by atoms with Gasteiger partial charge < -0.3 is 14.8 Å². The molecule has 0 spiro atoms. The van der Waals surface area contributed by atoms with Gasteiger partial charge in [0, 0.05) is 6.20 Å². The first-order valence-corrected chi connectivity index (χ1v) is 5.81. The summed E-state index contributed by atoms with van der Waals surface area (Å²) < 4.78 is 1.46. The van der Waals surface area contributed by atoms with E-state index >= 15 is 0 Å². The molecule has 0 amide bonds. The van der Waals surface area contributed by atoms with Crippen LogP contribution in [0.3, 0.4) is 0 Å². The van der Waals surface area contributed by atoms with E-state index in [1.807, 2.05) is 30.3 Å². The standard InChI is InChI=1S/C12H11Cl2NO2/c13-9-6-15(12(17)11(9)14)10(7-16)8-4-2-1-3-5-8/h1-6,10,16-17H,7H2. The summed E-state index contributed by atoms with van der Waals surface area (Å²) in [4.78, 5) is 0. The van der Waals surface area contributed by atoms with Crippen LogP contribution in [0, 0.1) is 0 Å². The highest BCUT2D eigenvalue weighted by Crippen LogP contribution is 2.36. The van der Waals surface area contributed by atoms with Crippen LogP contribution in [-0.4, -0.2) is 21.4 Å². The average Bonchev–Trinajstić information content (AvgIpc) is 2.60. The second kappa shape index (κ2) is 5.00. The molecule has 1 heterocycles. The normalized spacial score (nSPS) is 12.6. The third-order valence-electron chi connectivity index (χ3n) is 2.60. The van der Waals surface area contributed by atoms with Crippen molar-refractivity contribution in [2.24, 2.45) is 0 Å². The van der Waals surface area contributed by atoms with Gasteiger partial charge in [-0.05, 0) is 5.56 Å². The Hall–Kier alpha value is -1.16. The van der Waals surface area contributed by atoms with Crippen LogP contribution in [0.4, 0.5) is 0 Å². The van der Waals surface area contributed by atoms with Gasteiger partial charge in [0.25, 0.3) is 0 Å². The molecule has 2 aromatic rings. The molecule has 17 heavy (non-hydrogen) atoms. The molecule has 0 aliphatic rings. The number of nitrogens with zero attached hydrogens (tertiary/aromatic N) is 1. The van der Waals surface area contributed by atoms with Gasteiger partial charge in [-0.3, -0.25) is 0 Å². The monoisotopic (exact) mass is 271 g/mol. The van der Waals surface area contributed by atoms with Crippen molar-refractivity contribution in [3.8, 4) is 5.88 Å². The minimum absolute atomic E-state index is 0.0982. The zero-order valence-corrected chi connectivity index (χ0v) is 10.4. The lowest BCUT2D eigenvalue weighted by Crippen LogP contribution is -2.13. The van der Waals surface area contributed by atoms with E-state index in [1.54, 1.807) is 0 Å². The number of aliphatic hydroxyl groups excluding tert-OH is 1. The van der Waals surface area contributed by atoms with E-state index in [0.29, 0.717) is 0 Å². The first-order chi connectivity index (χ1) is 8.15. The molecule has 3 nitrogen and oxygen atoms in total. The number of benzene rings is 1. The van der Waals surface area contributed by atoms with E-state index in [1.165, 1.54) is 10.8 Å². The lowest BCUT2D eigenvalue weighted by atomic mass is 10.1. The maximum Gasteiger partial charge on any atom is 0.212 e. The van der Waals surface area contributed by atoms with Crippen LogP contribution in [0.15, 0.2) is 36.5 Å². The van der Waals surface area contributed by atoms with Gasteiger partial charge in [-0.25, -0.2) is 0 Å². The molecule has 0 bridgehead atoms. The van der Waals surface area contributed by atoms with Gasteiger partial charge in [0.1, 0.15) is 5.02 Å². The third-order valence-corrected chi connectivity index (χ3v) is 3.35. The van der Waals surface area contributed by atoms with Crippen molar-refractivity contribution in [2.45, 2.75) is 6.04 Å². The summed E-state index contributed by atoms with van der Waals surface area (Å²) >= 11 is 11.6. The van der Waals surface area contributed by atoms with Gasteiger partial charge in [0.05, 0.1) is 17.7 Å². The van der Waals surface area contributed by atoms with Crippen LogP contribution >= 0.6 is 23.2 Å². The number of rotatable bonds is 3. The molecule has 0 aliphatic heterocycles. The van der Waals surface area contributed by atoms with E-state index in [0.717, 1.165) is 5.56 Å². The fourth-order valence-electron chi connectivity index (χ4n) is 1.73. The van der Waals surface area contributed by atoms with Crippen LogP contribution in [0.5, 0.6) is 5.88 Å². The van der Waals surface area contributed by atoms with Crippen LogP contribution in [0.1, 0.15) is 11.6 Å². The molecule has 5 heteroatoms. The number of halogens is 2. The largest absolute Gasteiger partial charge is 0.493 e. The molecule has 2 rings (SSSR count). The van der Waals surface area contributed by atoms with Crippen LogP contribution < -0.4 is 0 Å². The first-order valence-electron chi connectivity index (χ1n) is 5.05.